The van der Waals surface area contributed by atoms with Crippen molar-refractivity contribution in [2.24, 2.45) is 0 Å². The quantitative estimate of drug-likeness (QED) is 0.115. The Morgan fingerprint density at radius 1 is 0.176 bits per heavy atom. The average Bonchev–Trinajstić information content (AvgIpc) is 3.50. The molecule has 4 nitrogen and oxygen atoms in total. The van der Waals surface area contributed by atoms with Gasteiger partial charge >= 0.3 is 0 Å². The van der Waals surface area contributed by atoms with Crippen LogP contribution < -0.4 is 0 Å². The number of aromatic nitrogens is 4. The molecule has 0 spiro atoms. The predicted molar refractivity (Wildman–Crippen MR) is 305 cm³/mol. The lowest BCUT2D eigenvalue weighted by molar-refractivity contribution is 1.32. The first kappa shape index (κ1) is 45.3. The van der Waals surface area contributed by atoms with E-state index in [0.717, 1.165) is 122 Å². The summed E-state index contributed by atoms with van der Waals surface area (Å²) in [5.74, 6) is 0. The second-order valence-electron chi connectivity index (χ2n) is 18.1. The molecule has 8 aromatic carbocycles. The van der Waals surface area contributed by atoms with Gasteiger partial charge in [0.05, 0.1) is 0 Å². The topological polar surface area (TPSA) is 51.6 Å². The van der Waals surface area contributed by atoms with Crippen molar-refractivity contribution in [1.29, 1.82) is 0 Å². The van der Waals surface area contributed by atoms with Crippen molar-refractivity contribution in [3.63, 3.8) is 0 Å². The van der Waals surface area contributed by atoms with Gasteiger partial charge < -0.3 is 0 Å². The minimum atomic E-state index is 0.991. The molecule has 0 saturated heterocycles. The molecule has 0 amide bonds. The van der Waals surface area contributed by atoms with E-state index in [9.17, 15) is 0 Å². The standard InChI is InChI=1S/C70H48N4/c1-5-21-49(22-6-1)57-33-13-37-61(53-29-17-41-71-45-53)65(57)69(66-58(50-23-7-2-8-24-50)34-14-38-62(66)54-30-18-42-72-46-54)70(67-59(51-25-9-3-10-26-51)35-15-39-63(67)55-31-19-43-73-47-55)68-60(52-27-11-4-12-28-52)36-16-40-64(68)56-32-20-44-74-48-56/h1-48H. The highest BCUT2D eigenvalue weighted by Gasteiger charge is 2.32. The summed E-state index contributed by atoms with van der Waals surface area (Å²) < 4.78 is 0. The van der Waals surface area contributed by atoms with E-state index in [4.69, 9.17) is 19.9 Å². The SMILES string of the molecule is c1ccc(-c2cccc(-c3cccnc3)c2C(=C(c2c(-c3ccccc3)cccc2-c2cccnc2)c2c(-c3ccccc3)cccc2-c2cccnc2)c2c(-c3ccccc3)cccc2-c2cccnc2)cc1. The first-order chi connectivity index (χ1) is 36.8. The molecule has 4 heteroatoms. The van der Waals surface area contributed by atoms with Gasteiger partial charge in [-0.2, -0.15) is 0 Å². The van der Waals surface area contributed by atoms with Crippen LogP contribution >= 0.6 is 0 Å². The Morgan fingerprint density at radius 2 is 0.365 bits per heavy atom. The lowest BCUT2D eigenvalue weighted by atomic mass is 9.72. The van der Waals surface area contributed by atoms with Crippen molar-refractivity contribution in [3.8, 4) is 89.0 Å². The Labute approximate surface area is 432 Å². The van der Waals surface area contributed by atoms with Gasteiger partial charge in [0.25, 0.3) is 0 Å². The highest BCUT2D eigenvalue weighted by molar-refractivity contribution is 6.20. The molecule has 0 unspecified atom stereocenters. The third kappa shape index (κ3) is 8.82. The Balaban J connectivity index is 1.45. The predicted octanol–water partition coefficient (Wildman–Crippen LogP) is 17.6. The van der Waals surface area contributed by atoms with Crippen molar-refractivity contribution >= 4 is 11.1 Å². The van der Waals surface area contributed by atoms with E-state index in [-0.39, 0.29) is 0 Å². The maximum absolute atomic E-state index is 4.81. The van der Waals surface area contributed by atoms with Gasteiger partial charge in [0.1, 0.15) is 0 Å². The number of benzene rings is 8. The van der Waals surface area contributed by atoms with Crippen LogP contribution in [0.25, 0.3) is 100 Å². The van der Waals surface area contributed by atoms with Crippen molar-refractivity contribution in [1.82, 2.24) is 19.9 Å². The molecular weight excluding hydrogens is 897 g/mol. The first-order valence-electron chi connectivity index (χ1n) is 24.9. The van der Waals surface area contributed by atoms with Gasteiger partial charge in [0.15, 0.2) is 0 Å². The summed E-state index contributed by atoms with van der Waals surface area (Å²) in [6.07, 6.45) is 15.4. The van der Waals surface area contributed by atoms with Crippen LogP contribution in [0.3, 0.4) is 0 Å². The van der Waals surface area contributed by atoms with Crippen LogP contribution in [0.4, 0.5) is 0 Å². The van der Waals surface area contributed by atoms with Gasteiger partial charge in [-0.25, -0.2) is 0 Å². The van der Waals surface area contributed by atoms with E-state index >= 15 is 0 Å². The maximum Gasteiger partial charge on any atom is 0.0346 e. The van der Waals surface area contributed by atoms with E-state index in [1.165, 1.54) is 0 Å². The largest absolute Gasteiger partial charge is 0.264 e. The van der Waals surface area contributed by atoms with Crippen LogP contribution in [0, 0.1) is 0 Å². The number of pyridine rings is 4. The molecule has 4 heterocycles. The zero-order valence-electron chi connectivity index (χ0n) is 40.5. The zero-order valence-corrected chi connectivity index (χ0v) is 40.5. The molecule has 12 aromatic rings. The fourth-order valence-electron chi connectivity index (χ4n) is 10.5. The van der Waals surface area contributed by atoms with Gasteiger partial charge in [0, 0.05) is 71.8 Å². The van der Waals surface area contributed by atoms with Gasteiger partial charge in [-0.05, 0) is 124 Å². The number of hydrogen-bond donors (Lipinski definition) is 0. The summed E-state index contributed by atoms with van der Waals surface area (Å²) in [6, 6.07) is 87.1. The highest BCUT2D eigenvalue weighted by atomic mass is 14.6. The summed E-state index contributed by atoms with van der Waals surface area (Å²) in [7, 11) is 0. The van der Waals surface area contributed by atoms with Crippen LogP contribution in [0.5, 0.6) is 0 Å². The van der Waals surface area contributed by atoms with Crippen molar-refractivity contribution < 1.29 is 0 Å². The summed E-state index contributed by atoms with van der Waals surface area (Å²) in [5.41, 5.74) is 23.0. The molecule has 0 atom stereocenters. The van der Waals surface area contributed by atoms with Crippen LogP contribution in [0.2, 0.25) is 0 Å². The molecule has 0 fully saturated rings. The lowest BCUT2D eigenvalue weighted by Crippen LogP contribution is -2.08. The van der Waals surface area contributed by atoms with Crippen molar-refractivity contribution in [3.05, 3.63) is 314 Å². The summed E-state index contributed by atoms with van der Waals surface area (Å²) >= 11 is 0. The van der Waals surface area contributed by atoms with E-state index in [1.807, 2.05) is 73.8 Å². The summed E-state index contributed by atoms with van der Waals surface area (Å²) in [5, 5.41) is 0. The number of nitrogens with zero attached hydrogens (tertiary/aromatic N) is 4. The maximum atomic E-state index is 4.81. The van der Waals surface area contributed by atoms with E-state index in [1.54, 1.807) is 0 Å². The number of rotatable bonds is 12. The molecule has 4 aromatic heterocycles. The van der Waals surface area contributed by atoms with E-state index < -0.39 is 0 Å². The van der Waals surface area contributed by atoms with Crippen LogP contribution in [0.15, 0.2) is 292 Å². The summed E-state index contributed by atoms with van der Waals surface area (Å²) in [4.78, 5) is 19.2. The van der Waals surface area contributed by atoms with E-state index in [0.29, 0.717) is 0 Å². The smallest absolute Gasteiger partial charge is 0.0346 e. The van der Waals surface area contributed by atoms with Crippen LogP contribution in [-0.2, 0) is 0 Å². The zero-order chi connectivity index (χ0) is 49.5. The molecule has 348 valence electrons. The number of hydrogen-bond acceptors (Lipinski definition) is 4. The minimum absolute atomic E-state index is 0.991. The second-order valence-corrected chi connectivity index (χ2v) is 18.1. The molecule has 0 N–H and O–H groups in total. The van der Waals surface area contributed by atoms with Crippen LogP contribution in [0.1, 0.15) is 22.3 Å². The molecule has 0 saturated carbocycles. The monoisotopic (exact) mass is 944 g/mol. The Hall–Kier alpha value is -9.90. The Bertz CT molecular complexity index is 3140. The first-order valence-corrected chi connectivity index (χ1v) is 24.9. The lowest BCUT2D eigenvalue weighted by Gasteiger charge is -2.31. The third-order valence-electron chi connectivity index (χ3n) is 13.7. The Morgan fingerprint density at radius 3 is 0.554 bits per heavy atom. The highest BCUT2D eigenvalue weighted by Crippen LogP contribution is 2.55. The normalized spacial score (nSPS) is 11.0. The van der Waals surface area contributed by atoms with Gasteiger partial charge in [-0.1, -0.05) is 218 Å². The average molecular weight is 945 g/mol. The molecule has 0 aliphatic heterocycles. The van der Waals surface area contributed by atoms with E-state index in [2.05, 4.69) is 218 Å². The fraction of sp³-hybridized carbons (Fsp3) is 0. The second kappa shape index (κ2) is 20.8. The van der Waals surface area contributed by atoms with Crippen LogP contribution in [-0.4, -0.2) is 19.9 Å². The summed E-state index contributed by atoms with van der Waals surface area (Å²) in [6.45, 7) is 0. The molecule has 74 heavy (non-hydrogen) atoms. The fourth-order valence-corrected chi connectivity index (χ4v) is 10.5. The van der Waals surface area contributed by atoms with Gasteiger partial charge in [-0.3, -0.25) is 19.9 Å². The molecular formula is C70H48N4. The third-order valence-corrected chi connectivity index (χ3v) is 13.7. The molecule has 0 aliphatic carbocycles. The van der Waals surface area contributed by atoms with Gasteiger partial charge in [0.2, 0.25) is 0 Å². The molecule has 0 radical (unpaired) electrons. The molecule has 0 bridgehead atoms. The Kier molecular flexibility index (Phi) is 12.7. The van der Waals surface area contributed by atoms with Crippen molar-refractivity contribution in [2.45, 2.75) is 0 Å². The van der Waals surface area contributed by atoms with Gasteiger partial charge in [-0.15, -0.1) is 0 Å². The minimum Gasteiger partial charge on any atom is -0.264 e. The molecule has 0 aliphatic rings. The van der Waals surface area contributed by atoms with Crippen molar-refractivity contribution in [2.75, 3.05) is 0 Å². The molecule has 12 rings (SSSR count).